The summed E-state index contributed by atoms with van der Waals surface area (Å²) in [5, 5.41) is 18.0. The quantitative estimate of drug-likeness (QED) is 0.862. The molecule has 114 valence electrons. The minimum atomic E-state index is -1.45. The van der Waals surface area contributed by atoms with E-state index >= 15 is 0 Å². The van der Waals surface area contributed by atoms with E-state index in [0.29, 0.717) is 12.1 Å². The van der Waals surface area contributed by atoms with Crippen LogP contribution in [0.1, 0.15) is 0 Å². The predicted molar refractivity (Wildman–Crippen MR) is 64.7 cm³/mol. The van der Waals surface area contributed by atoms with Crippen LogP contribution in [0.2, 0.25) is 0 Å². The topological polar surface area (TPSA) is 81.1 Å². The van der Waals surface area contributed by atoms with E-state index in [1.165, 1.54) is 0 Å². The zero-order valence-corrected chi connectivity index (χ0v) is 10.6. The number of carboxylic acids is 1. The van der Waals surface area contributed by atoms with Gasteiger partial charge in [0.25, 0.3) is 0 Å². The number of rotatable bonds is 2. The molecule has 1 aromatic rings. The number of aliphatic carboxylic acids is 1. The van der Waals surface area contributed by atoms with Crippen LogP contribution in [-0.2, 0) is 4.79 Å². The molecule has 0 spiro atoms. The molecule has 9 heteroatoms. The van der Waals surface area contributed by atoms with Gasteiger partial charge in [0.2, 0.25) is 0 Å². The molecule has 21 heavy (non-hydrogen) atoms. The average molecular weight is 304 g/mol. The van der Waals surface area contributed by atoms with Gasteiger partial charge in [-0.05, 0) is 0 Å². The number of amides is 1. The smallest absolute Gasteiger partial charge is 0.407 e. The highest BCUT2D eigenvalue weighted by atomic mass is 19.1. The van der Waals surface area contributed by atoms with Crippen molar-refractivity contribution in [3.05, 3.63) is 29.6 Å². The van der Waals surface area contributed by atoms with E-state index in [0.717, 1.165) is 9.80 Å². The molecule has 1 atom stereocenters. The van der Waals surface area contributed by atoms with Gasteiger partial charge < -0.3 is 20.0 Å². The summed E-state index contributed by atoms with van der Waals surface area (Å²) in [5.41, 5.74) is -0.672. The second-order valence-electron chi connectivity index (χ2n) is 4.49. The van der Waals surface area contributed by atoms with Gasteiger partial charge in [-0.2, -0.15) is 0 Å². The first-order chi connectivity index (χ1) is 9.81. The Hall–Kier alpha value is -2.45. The van der Waals surface area contributed by atoms with Gasteiger partial charge in [0.15, 0.2) is 11.6 Å². The molecule has 1 aromatic carbocycles. The molecule has 0 bridgehead atoms. The van der Waals surface area contributed by atoms with Crippen molar-refractivity contribution in [1.82, 2.24) is 4.90 Å². The van der Waals surface area contributed by atoms with E-state index in [-0.39, 0.29) is 13.1 Å². The van der Waals surface area contributed by atoms with Crippen molar-refractivity contribution in [1.29, 1.82) is 0 Å². The third-order valence-corrected chi connectivity index (χ3v) is 3.20. The fraction of sp³-hybridized carbons (Fsp3) is 0.333. The number of piperazine rings is 1. The van der Waals surface area contributed by atoms with Crippen LogP contribution in [0, 0.1) is 17.5 Å². The molecule has 0 aromatic heterocycles. The Kier molecular flexibility index (Phi) is 3.92. The number of halogens is 3. The molecule has 0 saturated carbocycles. The minimum Gasteiger partial charge on any atom is -0.480 e. The third kappa shape index (κ3) is 2.86. The van der Waals surface area contributed by atoms with Gasteiger partial charge >= 0.3 is 12.1 Å². The number of hydrogen-bond donors (Lipinski definition) is 2. The van der Waals surface area contributed by atoms with Crippen LogP contribution in [0.5, 0.6) is 0 Å². The van der Waals surface area contributed by atoms with Gasteiger partial charge in [-0.1, -0.05) is 0 Å². The van der Waals surface area contributed by atoms with Crippen LogP contribution in [0.25, 0.3) is 0 Å². The summed E-state index contributed by atoms with van der Waals surface area (Å²) < 4.78 is 40.4. The highest BCUT2D eigenvalue weighted by Gasteiger charge is 2.37. The molecular weight excluding hydrogens is 293 g/mol. The van der Waals surface area contributed by atoms with Crippen molar-refractivity contribution in [3.63, 3.8) is 0 Å². The van der Waals surface area contributed by atoms with Crippen molar-refractivity contribution in [2.24, 2.45) is 0 Å². The molecule has 0 aliphatic carbocycles. The fourth-order valence-corrected chi connectivity index (χ4v) is 2.24. The van der Waals surface area contributed by atoms with Crippen LogP contribution in [0.4, 0.5) is 23.7 Å². The average Bonchev–Trinajstić information content (AvgIpc) is 2.37. The maximum absolute atomic E-state index is 13.7. The predicted octanol–water partition coefficient (Wildman–Crippen LogP) is 1.36. The van der Waals surface area contributed by atoms with Gasteiger partial charge in [-0.15, -0.1) is 0 Å². The number of carboxylic acid groups (broad SMARTS) is 2. The zero-order chi connectivity index (χ0) is 15.7. The lowest BCUT2D eigenvalue weighted by Gasteiger charge is -2.39. The first-order valence-electron chi connectivity index (χ1n) is 5.93. The molecular formula is C12H11F3N2O4. The van der Waals surface area contributed by atoms with Crippen LogP contribution in [0.3, 0.4) is 0 Å². The summed E-state index contributed by atoms with van der Waals surface area (Å²) in [4.78, 5) is 23.8. The Morgan fingerprint density at radius 3 is 2.14 bits per heavy atom. The molecule has 1 heterocycles. The largest absolute Gasteiger partial charge is 0.480 e. The zero-order valence-electron chi connectivity index (χ0n) is 10.6. The van der Waals surface area contributed by atoms with Crippen molar-refractivity contribution in [2.75, 3.05) is 24.5 Å². The monoisotopic (exact) mass is 304 g/mol. The van der Waals surface area contributed by atoms with Crippen LogP contribution in [-0.4, -0.2) is 52.9 Å². The molecule has 1 amide bonds. The summed E-state index contributed by atoms with van der Waals surface area (Å²) >= 11 is 0. The Labute approximate surface area is 117 Å². The highest BCUT2D eigenvalue weighted by Crippen LogP contribution is 2.28. The van der Waals surface area contributed by atoms with Crippen molar-refractivity contribution in [2.45, 2.75) is 6.04 Å². The van der Waals surface area contributed by atoms with Gasteiger partial charge in [0.05, 0.1) is 6.54 Å². The summed E-state index contributed by atoms with van der Waals surface area (Å²) in [6.07, 6.45) is -1.32. The molecule has 1 aliphatic rings. The number of nitrogens with zero attached hydrogens (tertiary/aromatic N) is 2. The van der Waals surface area contributed by atoms with Crippen molar-refractivity contribution < 1.29 is 33.0 Å². The lowest BCUT2D eigenvalue weighted by molar-refractivity contribution is -0.139. The van der Waals surface area contributed by atoms with E-state index in [4.69, 9.17) is 10.2 Å². The summed E-state index contributed by atoms with van der Waals surface area (Å²) in [7, 11) is 0. The normalized spacial score (nSPS) is 18.7. The Balaban J connectivity index is 2.39. The second-order valence-corrected chi connectivity index (χ2v) is 4.49. The summed E-state index contributed by atoms with van der Waals surface area (Å²) in [6, 6.07) is -0.564. The van der Waals surface area contributed by atoms with Gasteiger partial charge in [0, 0.05) is 25.2 Å². The number of anilines is 1. The fourth-order valence-electron chi connectivity index (χ4n) is 2.24. The second kappa shape index (κ2) is 5.51. The maximum atomic E-state index is 13.7. The number of carbonyl (C=O) groups is 2. The Morgan fingerprint density at radius 2 is 1.67 bits per heavy atom. The van der Waals surface area contributed by atoms with E-state index in [2.05, 4.69) is 0 Å². The van der Waals surface area contributed by atoms with Gasteiger partial charge in [0.1, 0.15) is 17.5 Å². The summed E-state index contributed by atoms with van der Waals surface area (Å²) in [5.74, 6) is -5.01. The molecule has 1 aliphatic heterocycles. The van der Waals surface area contributed by atoms with E-state index in [1.807, 2.05) is 0 Å². The summed E-state index contributed by atoms with van der Waals surface area (Å²) in [6.45, 7) is -0.779. The SMILES string of the molecule is O=C(O)C1CN(C(=O)O)CCN1c1c(F)cc(F)cc1F. The maximum Gasteiger partial charge on any atom is 0.407 e. The lowest BCUT2D eigenvalue weighted by Crippen LogP contribution is -2.58. The van der Waals surface area contributed by atoms with Crippen molar-refractivity contribution >= 4 is 17.7 Å². The molecule has 6 nitrogen and oxygen atoms in total. The first-order valence-corrected chi connectivity index (χ1v) is 5.93. The van der Waals surface area contributed by atoms with Gasteiger partial charge in [-0.3, -0.25) is 0 Å². The minimum absolute atomic E-state index is 0.116. The Bertz CT molecular complexity index is 573. The van der Waals surface area contributed by atoms with E-state index in [9.17, 15) is 22.8 Å². The van der Waals surface area contributed by atoms with Gasteiger partial charge in [-0.25, -0.2) is 22.8 Å². The molecule has 2 N–H and O–H groups in total. The third-order valence-electron chi connectivity index (χ3n) is 3.20. The molecule has 0 radical (unpaired) electrons. The standard InChI is InChI=1S/C12H11F3N2O4/c13-6-3-7(14)10(8(15)4-6)17-2-1-16(12(20)21)5-9(17)11(18)19/h3-4,9H,1-2,5H2,(H,18,19)(H,20,21). The molecule has 2 rings (SSSR count). The first kappa shape index (κ1) is 14.9. The molecule has 1 saturated heterocycles. The van der Waals surface area contributed by atoms with E-state index < -0.39 is 47.8 Å². The highest BCUT2D eigenvalue weighted by molar-refractivity contribution is 5.80. The molecule has 1 unspecified atom stereocenters. The Morgan fingerprint density at radius 1 is 1.10 bits per heavy atom. The van der Waals surface area contributed by atoms with Crippen LogP contribution >= 0.6 is 0 Å². The number of benzene rings is 1. The van der Waals surface area contributed by atoms with Crippen molar-refractivity contribution in [3.8, 4) is 0 Å². The van der Waals surface area contributed by atoms with E-state index in [1.54, 1.807) is 0 Å². The lowest BCUT2D eigenvalue weighted by atomic mass is 10.1. The van der Waals surface area contributed by atoms with Crippen LogP contribution in [0.15, 0.2) is 12.1 Å². The number of hydrogen-bond acceptors (Lipinski definition) is 3. The van der Waals surface area contributed by atoms with Crippen LogP contribution < -0.4 is 4.90 Å². The molecule has 1 fully saturated rings.